The van der Waals surface area contributed by atoms with Crippen LogP contribution in [0.15, 0.2) is 83.9 Å². The number of pyridine rings is 1. The van der Waals surface area contributed by atoms with Gasteiger partial charge in [-0.1, -0.05) is 73.9 Å². The van der Waals surface area contributed by atoms with Crippen LogP contribution in [0.4, 0.5) is 5.69 Å². The van der Waals surface area contributed by atoms with Crippen LogP contribution >= 0.6 is 11.3 Å². The van der Waals surface area contributed by atoms with Crippen molar-refractivity contribution in [1.29, 1.82) is 0 Å². The van der Waals surface area contributed by atoms with Crippen LogP contribution in [0.5, 0.6) is 0 Å². The number of sulfonamides is 1. The van der Waals surface area contributed by atoms with Crippen LogP contribution < -0.4 is 4.90 Å². The van der Waals surface area contributed by atoms with Gasteiger partial charge in [0.2, 0.25) is 15.9 Å². The molecular formula is C37H42N4O6S2. The minimum absolute atomic E-state index is 0.0255. The lowest BCUT2D eigenvalue weighted by atomic mass is 9.89. The fraction of sp³-hybridized carbons (Fsp3) is 0.378. The standard InChI is InChI=1S/C37H42N4O6S2/c1-39(49(45,46)31-16-17-32(38-23-31)29-14-12-28(13-15-29)24-40-18-20-47-21-19-40)26-35(42)41(25-27-8-4-2-5-9-27)33-22-34(48-36(33)37(43)44)30-10-6-3-7-11-30/h3,6-7,10-17,22-23,27H,2,4-5,8-9,18-21,24-26H2,1H3,(H,43,44). The number of hydrogen-bond donors (Lipinski definition) is 1. The molecule has 0 spiro atoms. The predicted octanol–water partition coefficient (Wildman–Crippen LogP) is 6.24. The van der Waals surface area contributed by atoms with E-state index in [0.29, 0.717) is 17.9 Å². The third-order valence-electron chi connectivity index (χ3n) is 9.28. The number of anilines is 1. The number of likely N-dealkylation sites (N-methyl/N-ethyl adjacent to an activating group) is 1. The van der Waals surface area contributed by atoms with Crippen LogP contribution in [-0.2, 0) is 26.1 Å². The van der Waals surface area contributed by atoms with E-state index >= 15 is 0 Å². The molecule has 1 saturated heterocycles. The van der Waals surface area contributed by atoms with E-state index in [1.54, 1.807) is 12.1 Å². The second-order valence-corrected chi connectivity index (χ2v) is 15.8. The molecule has 2 aromatic heterocycles. The van der Waals surface area contributed by atoms with Crippen LogP contribution in [0.2, 0.25) is 0 Å². The van der Waals surface area contributed by atoms with Gasteiger partial charge in [0.15, 0.2) is 0 Å². The Balaban J connectivity index is 1.19. The third kappa shape index (κ3) is 8.45. The summed E-state index contributed by atoms with van der Waals surface area (Å²) in [5, 5.41) is 10.2. The largest absolute Gasteiger partial charge is 0.477 e. The number of nitrogens with zero attached hydrogens (tertiary/aromatic N) is 4. The monoisotopic (exact) mass is 702 g/mol. The predicted molar refractivity (Wildman–Crippen MR) is 191 cm³/mol. The van der Waals surface area contributed by atoms with Gasteiger partial charge in [-0.3, -0.25) is 14.7 Å². The van der Waals surface area contributed by atoms with Gasteiger partial charge < -0.3 is 14.7 Å². The van der Waals surface area contributed by atoms with E-state index in [1.807, 2.05) is 42.5 Å². The van der Waals surface area contributed by atoms with Gasteiger partial charge in [0.05, 0.1) is 31.1 Å². The Kier molecular flexibility index (Phi) is 11.2. The molecule has 1 aliphatic heterocycles. The molecule has 1 saturated carbocycles. The van der Waals surface area contributed by atoms with Crippen molar-refractivity contribution in [2.75, 3.05) is 51.3 Å². The number of aromatic carboxylic acids is 1. The number of carboxylic acid groups (broad SMARTS) is 1. The maximum atomic E-state index is 14.0. The first-order chi connectivity index (χ1) is 23.7. The number of benzene rings is 2. The molecular weight excluding hydrogens is 661 g/mol. The highest BCUT2D eigenvalue weighted by Crippen LogP contribution is 2.38. The summed E-state index contributed by atoms with van der Waals surface area (Å²) in [6.07, 6.45) is 6.42. The smallest absolute Gasteiger partial charge is 0.348 e. The Morgan fingerprint density at radius 2 is 1.67 bits per heavy atom. The second-order valence-electron chi connectivity index (χ2n) is 12.7. The second kappa shape index (κ2) is 15.7. The highest BCUT2D eigenvalue weighted by molar-refractivity contribution is 7.89. The van der Waals surface area contributed by atoms with Crippen molar-refractivity contribution in [3.63, 3.8) is 0 Å². The van der Waals surface area contributed by atoms with Gasteiger partial charge in [-0.05, 0) is 48.1 Å². The highest BCUT2D eigenvalue weighted by atomic mass is 32.2. The molecule has 1 amide bonds. The first-order valence-corrected chi connectivity index (χ1v) is 19.0. The van der Waals surface area contributed by atoms with Crippen LogP contribution in [0.25, 0.3) is 21.7 Å². The molecule has 2 fully saturated rings. The third-order valence-corrected chi connectivity index (χ3v) is 12.2. The number of thiophene rings is 1. The summed E-state index contributed by atoms with van der Waals surface area (Å²) in [5.41, 5.74) is 3.85. The summed E-state index contributed by atoms with van der Waals surface area (Å²) in [5.74, 6) is -1.40. The fourth-order valence-corrected chi connectivity index (χ4v) is 8.56. The van der Waals surface area contributed by atoms with Crippen molar-refractivity contribution in [2.45, 2.75) is 43.5 Å². The van der Waals surface area contributed by atoms with E-state index in [2.05, 4.69) is 22.0 Å². The number of morpholine rings is 1. The average molecular weight is 703 g/mol. The summed E-state index contributed by atoms with van der Waals surface area (Å²) in [6.45, 7) is 4.03. The van der Waals surface area contributed by atoms with Gasteiger partial charge in [0.1, 0.15) is 9.77 Å². The Hall–Kier alpha value is -3.94. The summed E-state index contributed by atoms with van der Waals surface area (Å²) < 4.78 is 33.8. The van der Waals surface area contributed by atoms with Crippen LogP contribution in [0, 0.1) is 5.92 Å². The zero-order valence-electron chi connectivity index (χ0n) is 27.7. The molecule has 12 heteroatoms. The van der Waals surface area contributed by atoms with Crippen LogP contribution in [-0.4, -0.2) is 86.0 Å². The molecule has 0 bridgehead atoms. The summed E-state index contributed by atoms with van der Waals surface area (Å²) in [6, 6.07) is 22.5. The van der Waals surface area contributed by atoms with E-state index in [0.717, 1.165) is 96.6 Å². The van der Waals surface area contributed by atoms with Crippen molar-refractivity contribution in [1.82, 2.24) is 14.2 Å². The number of carbonyl (C=O) groups is 2. The van der Waals surface area contributed by atoms with Gasteiger partial charge in [-0.15, -0.1) is 11.3 Å². The Labute approximate surface area is 292 Å². The molecule has 1 N–H and O–H groups in total. The van der Waals surface area contributed by atoms with Crippen molar-refractivity contribution in [3.05, 3.63) is 89.4 Å². The summed E-state index contributed by atoms with van der Waals surface area (Å²) in [7, 11) is -2.71. The Bertz CT molecular complexity index is 1830. The first kappa shape index (κ1) is 34.9. The molecule has 3 heterocycles. The maximum Gasteiger partial charge on any atom is 0.348 e. The van der Waals surface area contributed by atoms with E-state index in [-0.39, 0.29) is 15.7 Å². The van der Waals surface area contributed by atoms with Crippen LogP contribution in [0.1, 0.15) is 47.3 Å². The van der Waals surface area contributed by atoms with Gasteiger partial charge in [-0.25, -0.2) is 13.2 Å². The number of ether oxygens (including phenoxy) is 1. The molecule has 0 radical (unpaired) electrons. The lowest BCUT2D eigenvalue weighted by molar-refractivity contribution is -0.118. The minimum atomic E-state index is -4.08. The number of carbonyl (C=O) groups excluding carboxylic acids is 1. The number of amides is 1. The zero-order chi connectivity index (χ0) is 34.4. The van der Waals surface area contributed by atoms with Gasteiger partial charge in [-0.2, -0.15) is 4.31 Å². The Morgan fingerprint density at radius 3 is 2.33 bits per heavy atom. The zero-order valence-corrected chi connectivity index (χ0v) is 29.3. The first-order valence-electron chi connectivity index (χ1n) is 16.7. The van der Waals surface area contributed by atoms with Crippen molar-refractivity contribution < 1.29 is 27.9 Å². The van der Waals surface area contributed by atoms with E-state index in [1.165, 1.54) is 29.8 Å². The molecule has 1 aliphatic carbocycles. The molecule has 4 aromatic rings. The van der Waals surface area contributed by atoms with Crippen molar-refractivity contribution >= 4 is 38.9 Å². The van der Waals surface area contributed by atoms with E-state index in [4.69, 9.17) is 4.74 Å². The lowest BCUT2D eigenvalue weighted by Crippen LogP contribution is -2.43. The molecule has 6 rings (SSSR count). The molecule has 258 valence electrons. The normalized spacial score (nSPS) is 16.1. The topological polar surface area (TPSA) is 120 Å². The summed E-state index contributed by atoms with van der Waals surface area (Å²) in [4.78, 5) is 35.5. The molecule has 0 atom stereocenters. The minimum Gasteiger partial charge on any atom is -0.477 e. The van der Waals surface area contributed by atoms with Crippen LogP contribution in [0.3, 0.4) is 0 Å². The van der Waals surface area contributed by atoms with Gasteiger partial charge in [0.25, 0.3) is 0 Å². The molecule has 0 unspecified atom stereocenters. The van der Waals surface area contributed by atoms with Gasteiger partial charge in [0, 0.05) is 49.9 Å². The molecule has 2 aliphatic rings. The van der Waals surface area contributed by atoms with Gasteiger partial charge >= 0.3 is 5.97 Å². The van der Waals surface area contributed by atoms with Crippen molar-refractivity contribution in [3.8, 4) is 21.7 Å². The molecule has 2 aromatic carbocycles. The number of rotatable bonds is 12. The summed E-state index contributed by atoms with van der Waals surface area (Å²) >= 11 is 1.12. The quantitative estimate of drug-likeness (QED) is 0.184. The fourth-order valence-electron chi connectivity index (χ4n) is 6.49. The number of aromatic nitrogens is 1. The molecule has 49 heavy (non-hydrogen) atoms. The van der Waals surface area contributed by atoms with E-state index in [9.17, 15) is 23.1 Å². The molecule has 10 nitrogen and oxygen atoms in total. The average Bonchev–Trinajstić information content (AvgIpc) is 3.58. The number of hydrogen-bond acceptors (Lipinski definition) is 8. The maximum absolute atomic E-state index is 14.0. The van der Waals surface area contributed by atoms with Crippen molar-refractivity contribution in [2.24, 2.45) is 5.92 Å². The van der Waals surface area contributed by atoms with E-state index < -0.39 is 28.4 Å². The SMILES string of the molecule is CN(CC(=O)N(CC1CCCCC1)c1cc(-c2ccccc2)sc1C(=O)O)S(=O)(=O)c1ccc(-c2ccc(CN3CCOCC3)cc2)nc1. The lowest BCUT2D eigenvalue weighted by Gasteiger charge is -2.31. The highest BCUT2D eigenvalue weighted by Gasteiger charge is 2.31. The Morgan fingerprint density at radius 1 is 0.959 bits per heavy atom. The number of carboxylic acids is 1.